The van der Waals surface area contributed by atoms with E-state index in [2.05, 4.69) is 20.3 Å². The second-order valence-corrected chi connectivity index (χ2v) is 4.78. The summed E-state index contributed by atoms with van der Waals surface area (Å²) in [5.41, 5.74) is 2.58. The molecular weight excluding hydrogens is 218 g/mol. The number of nitrogens with one attached hydrogen (secondary N) is 1. The Kier molecular flexibility index (Phi) is 2.60. The first-order chi connectivity index (χ1) is 8.26. The zero-order valence-corrected chi connectivity index (χ0v) is 9.63. The molecule has 1 unspecified atom stereocenters. The molecule has 1 aromatic heterocycles. The summed E-state index contributed by atoms with van der Waals surface area (Å²) in [7, 11) is 0. The van der Waals surface area contributed by atoms with E-state index in [4.69, 9.17) is 5.84 Å². The van der Waals surface area contributed by atoms with Gasteiger partial charge in [-0.2, -0.15) is 0 Å². The molecule has 0 radical (unpaired) electrons. The van der Waals surface area contributed by atoms with E-state index in [1.807, 2.05) is 6.07 Å². The van der Waals surface area contributed by atoms with Crippen molar-refractivity contribution in [3.8, 4) is 0 Å². The molecule has 2 fully saturated rings. The molecule has 92 valence electrons. The third-order valence-corrected chi connectivity index (χ3v) is 3.31. The maximum atomic E-state index is 9.55. The van der Waals surface area contributed by atoms with Crippen molar-refractivity contribution in [3.63, 3.8) is 0 Å². The van der Waals surface area contributed by atoms with Gasteiger partial charge in [0.1, 0.15) is 17.5 Å². The van der Waals surface area contributed by atoms with Gasteiger partial charge in [0.2, 0.25) is 0 Å². The molecular formula is C11H17N5O. The van der Waals surface area contributed by atoms with Gasteiger partial charge in [0.05, 0.1) is 6.10 Å². The number of hydrogen-bond acceptors (Lipinski definition) is 6. The van der Waals surface area contributed by atoms with Crippen LogP contribution in [-0.4, -0.2) is 34.3 Å². The Morgan fingerprint density at radius 1 is 1.35 bits per heavy atom. The number of hydrogen-bond donors (Lipinski definition) is 3. The van der Waals surface area contributed by atoms with Gasteiger partial charge in [-0.3, -0.25) is 0 Å². The van der Waals surface area contributed by atoms with Crippen LogP contribution in [-0.2, 0) is 0 Å². The summed E-state index contributed by atoms with van der Waals surface area (Å²) in [6.45, 7) is 1.48. The molecule has 2 heterocycles. The average Bonchev–Trinajstić information content (AvgIpc) is 3.11. The van der Waals surface area contributed by atoms with Crippen molar-refractivity contribution in [2.45, 2.75) is 31.3 Å². The average molecular weight is 235 g/mol. The lowest BCUT2D eigenvalue weighted by Crippen LogP contribution is -2.23. The number of nitrogens with zero attached hydrogens (tertiary/aromatic N) is 3. The Morgan fingerprint density at radius 3 is 2.76 bits per heavy atom. The highest BCUT2D eigenvalue weighted by molar-refractivity contribution is 5.50. The molecule has 0 aromatic carbocycles. The summed E-state index contributed by atoms with van der Waals surface area (Å²) < 4.78 is 0. The van der Waals surface area contributed by atoms with Crippen LogP contribution < -0.4 is 16.2 Å². The van der Waals surface area contributed by atoms with Crippen LogP contribution in [0.5, 0.6) is 0 Å². The number of aliphatic hydroxyl groups is 1. The van der Waals surface area contributed by atoms with Crippen molar-refractivity contribution < 1.29 is 5.11 Å². The molecule has 1 aliphatic heterocycles. The molecule has 1 saturated carbocycles. The van der Waals surface area contributed by atoms with Gasteiger partial charge in [0, 0.05) is 25.1 Å². The molecule has 1 saturated heterocycles. The fourth-order valence-electron chi connectivity index (χ4n) is 2.16. The number of nitrogen functional groups attached to an aromatic ring is 1. The Bertz CT molecular complexity index is 420. The van der Waals surface area contributed by atoms with E-state index in [1.165, 1.54) is 0 Å². The Balaban J connectivity index is 1.89. The van der Waals surface area contributed by atoms with Crippen molar-refractivity contribution in [1.29, 1.82) is 0 Å². The normalized spacial score (nSPS) is 24.1. The molecule has 1 atom stereocenters. The molecule has 0 bridgehead atoms. The maximum Gasteiger partial charge on any atom is 0.145 e. The molecule has 2 aliphatic rings. The molecule has 0 spiro atoms. The first kappa shape index (κ1) is 10.7. The van der Waals surface area contributed by atoms with Crippen molar-refractivity contribution in [3.05, 3.63) is 11.9 Å². The van der Waals surface area contributed by atoms with Crippen LogP contribution >= 0.6 is 0 Å². The summed E-state index contributed by atoms with van der Waals surface area (Å²) in [4.78, 5) is 11.0. The van der Waals surface area contributed by atoms with E-state index in [0.717, 1.165) is 37.4 Å². The summed E-state index contributed by atoms with van der Waals surface area (Å²) in [5, 5.41) is 9.55. The van der Waals surface area contributed by atoms with Gasteiger partial charge in [0.15, 0.2) is 0 Å². The van der Waals surface area contributed by atoms with E-state index < -0.39 is 0 Å². The quantitative estimate of drug-likeness (QED) is 0.513. The Labute approximate surface area is 99.8 Å². The van der Waals surface area contributed by atoms with Gasteiger partial charge in [-0.15, -0.1) is 0 Å². The van der Waals surface area contributed by atoms with Crippen LogP contribution in [0.3, 0.4) is 0 Å². The van der Waals surface area contributed by atoms with Crippen molar-refractivity contribution in [1.82, 2.24) is 9.97 Å². The number of aromatic nitrogens is 2. The standard InChI is InChI=1S/C11H17N5O/c12-15-9-5-10(16-4-3-8(17)6-16)14-11(13-9)7-1-2-7/h5,7-8,17H,1-4,6,12H2,(H,13,14,15). The van der Waals surface area contributed by atoms with E-state index in [-0.39, 0.29) is 6.10 Å². The van der Waals surface area contributed by atoms with Crippen LogP contribution in [0, 0.1) is 0 Å². The third-order valence-electron chi connectivity index (χ3n) is 3.31. The predicted octanol–water partition coefficient (Wildman–Crippen LogP) is 0.211. The molecule has 1 aliphatic carbocycles. The summed E-state index contributed by atoms with van der Waals surface area (Å²) in [6.07, 6.45) is 2.88. The lowest BCUT2D eigenvalue weighted by Gasteiger charge is -2.18. The minimum atomic E-state index is -0.247. The number of anilines is 2. The Morgan fingerprint density at radius 2 is 2.18 bits per heavy atom. The largest absolute Gasteiger partial charge is 0.391 e. The summed E-state index contributed by atoms with van der Waals surface area (Å²) >= 11 is 0. The number of nitrogens with two attached hydrogens (primary N) is 1. The van der Waals surface area contributed by atoms with Gasteiger partial charge >= 0.3 is 0 Å². The van der Waals surface area contributed by atoms with Gasteiger partial charge in [-0.1, -0.05) is 0 Å². The lowest BCUT2D eigenvalue weighted by atomic mass is 10.3. The number of β-amino-alcohol motifs (C(OH)–C–C–N with tert-alkyl or cyclic N) is 1. The number of hydrazine groups is 1. The number of rotatable bonds is 3. The van der Waals surface area contributed by atoms with Crippen LogP contribution in [0.2, 0.25) is 0 Å². The molecule has 6 nitrogen and oxygen atoms in total. The van der Waals surface area contributed by atoms with Crippen molar-refractivity contribution in [2.75, 3.05) is 23.4 Å². The zero-order valence-electron chi connectivity index (χ0n) is 9.63. The molecule has 6 heteroatoms. The topological polar surface area (TPSA) is 87.3 Å². The fourth-order valence-corrected chi connectivity index (χ4v) is 2.16. The lowest BCUT2D eigenvalue weighted by molar-refractivity contribution is 0.198. The van der Waals surface area contributed by atoms with E-state index in [1.54, 1.807) is 0 Å². The number of aliphatic hydroxyl groups excluding tert-OH is 1. The minimum Gasteiger partial charge on any atom is -0.391 e. The summed E-state index contributed by atoms with van der Waals surface area (Å²) in [6, 6.07) is 1.84. The van der Waals surface area contributed by atoms with Crippen molar-refractivity contribution >= 4 is 11.6 Å². The molecule has 0 amide bonds. The van der Waals surface area contributed by atoms with Crippen LogP contribution in [0.15, 0.2) is 6.07 Å². The molecule has 17 heavy (non-hydrogen) atoms. The van der Waals surface area contributed by atoms with Crippen LogP contribution in [0.4, 0.5) is 11.6 Å². The Hall–Kier alpha value is -1.40. The van der Waals surface area contributed by atoms with Crippen LogP contribution in [0.1, 0.15) is 31.0 Å². The smallest absolute Gasteiger partial charge is 0.145 e. The van der Waals surface area contributed by atoms with Crippen LogP contribution in [0.25, 0.3) is 0 Å². The van der Waals surface area contributed by atoms with Gasteiger partial charge < -0.3 is 15.4 Å². The molecule has 3 rings (SSSR count). The SMILES string of the molecule is NNc1cc(N2CCC(O)C2)nc(C2CC2)n1. The second-order valence-electron chi connectivity index (χ2n) is 4.78. The second kappa shape index (κ2) is 4.12. The first-order valence-electron chi connectivity index (χ1n) is 6.05. The third kappa shape index (κ3) is 2.18. The fraction of sp³-hybridized carbons (Fsp3) is 0.636. The zero-order chi connectivity index (χ0) is 11.8. The highest BCUT2D eigenvalue weighted by Gasteiger charge is 2.29. The first-order valence-corrected chi connectivity index (χ1v) is 6.05. The van der Waals surface area contributed by atoms with Crippen molar-refractivity contribution in [2.24, 2.45) is 5.84 Å². The van der Waals surface area contributed by atoms with E-state index >= 15 is 0 Å². The molecule has 1 aromatic rings. The van der Waals surface area contributed by atoms with E-state index in [0.29, 0.717) is 18.3 Å². The predicted molar refractivity (Wildman–Crippen MR) is 64.7 cm³/mol. The molecule has 4 N–H and O–H groups in total. The highest BCUT2D eigenvalue weighted by Crippen LogP contribution is 2.39. The maximum absolute atomic E-state index is 9.55. The highest BCUT2D eigenvalue weighted by atomic mass is 16.3. The monoisotopic (exact) mass is 235 g/mol. The minimum absolute atomic E-state index is 0.247. The van der Waals surface area contributed by atoms with E-state index in [9.17, 15) is 5.11 Å². The van der Waals surface area contributed by atoms with Gasteiger partial charge in [0.25, 0.3) is 0 Å². The van der Waals surface area contributed by atoms with Gasteiger partial charge in [-0.05, 0) is 19.3 Å². The summed E-state index contributed by atoms with van der Waals surface area (Å²) in [5.74, 6) is 8.31. The van der Waals surface area contributed by atoms with Gasteiger partial charge in [-0.25, -0.2) is 15.8 Å².